The Bertz CT molecular complexity index is 238. The van der Waals surface area contributed by atoms with Crippen molar-refractivity contribution in [3.8, 4) is 0 Å². The van der Waals surface area contributed by atoms with Crippen LogP contribution in [0.25, 0.3) is 0 Å². The van der Waals surface area contributed by atoms with Crippen LogP contribution < -0.4 is 5.32 Å². The average Bonchev–Trinajstić information content (AvgIpc) is 2.09. The molecule has 5 heteroatoms. The molecule has 0 spiro atoms. The maximum atomic E-state index is 10.9. The third-order valence-corrected chi connectivity index (χ3v) is 1.59. The summed E-state index contributed by atoms with van der Waals surface area (Å²) in [4.78, 5) is 31.9. The van der Waals surface area contributed by atoms with Gasteiger partial charge in [0.15, 0.2) is 0 Å². The van der Waals surface area contributed by atoms with Crippen molar-refractivity contribution in [3.05, 3.63) is 0 Å². The number of nitrogens with one attached hydrogen (secondary N) is 1. The number of carbonyl (C=O) groups excluding carboxylic acids is 3. The van der Waals surface area contributed by atoms with E-state index in [0.717, 1.165) is 0 Å². The van der Waals surface area contributed by atoms with Gasteiger partial charge in [-0.15, -0.1) is 0 Å². The predicted molar refractivity (Wildman–Crippen MR) is 54.4 cm³/mol. The zero-order valence-electron chi connectivity index (χ0n) is 9.17. The van der Waals surface area contributed by atoms with Crippen LogP contribution in [0.1, 0.15) is 26.7 Å². The molecule has 0 aliphatic rings. The Morgan fingerprint density at radius 3 is 2.27 bits per heavy atom. The Kier molecular flexibility index (Phi) is 7.44. The Balaban J connectivity index is 3.27. The highest BCUT2D eigenvalue weighted by molar-refractivity contribution is 5.94. The zero-order valence-corrected chi connectivity index (χ0v) is 9.17. The second kappa shape index (κ2) is 8.11. The van der Waals surface area contributed by atoms with E-state index in [4.69, 9.17) is 4.74 Å². The van der Waals surface area contributed by atoms with E-state index in [1.807, 2.05) is 0 Å². The van der Waals surface area contributed by atoms with Gasteiger partial charge in [-0.3, -0.25) is 14.4 Å². The third kappa shape index (κ3) is 10.7. The number of Topliss-reactive ketones (excluding diaryl/α,β-unsaturated/α-hetero) is 2. The van der Waals surface area contributed by atoms with Crippen molar-refractivity contribution in [1.82, 2.24) is 5.32 Å². The maximum Gasteiger partial charge on any atom is 0.313 e. The van der Waals surface area contributed by atoms with Gasteiger partial charge in [0.2, 0.25) is 0 Å². The molecule has 0 saturated heterocycles. The van der Waals surface area contributed by atoms with Crippen molar-refractivity contribution in [2.24, 2.45) is 0 Å². The summed E-state index contributed by atoms with van der Waals surface area (Å²) in [5, 5.41) is 2.94. The summed E-state index contributed by atoms with van der Waals surface area (Å²) in [6.45, 7) is 4.17. The summed E-state index contributed by atoms with van der Waals surface area (Å²) < 4.78 is 4.75. The topological polar surface area (TPSA) is 72.5 Å². The summed E-state index contributed by atoms with van der Waals surface area (Å²) in [5.41, 5.74) is 0. The van der Waals surface area contributed by atoms with E-state index in [9.17, 15) is 14.4 Å². The van der Waals surface area contributed by atoms with Crippen molar-refractivity contribution in [3.63, 3.8) is 0 Å². The lowest BCUT2D eigenvalue weighted by atomic mass is 10.3. The zero-order chi connectivity index (χ0) is 11.7. The van der Waals surface area contributed by atoms with Crippen LogP contribution in [0.3, 0.4) is 0 Å². The Hall–Kier alpha value is -1.23. The minimum absolute atomic E-state index is 0.121. The molecule has 0 radical (unpaired) electrons. The summed E-state index contributed by atoms with van der Waals surface area (Å²) in [7, 11) is 0. The smallest absolute Gasteiger partial charge is 0.313 e. The lowest BCUT2D eigenvalue weighted by molar-refractivity contribution is -0.145. The first-order valence-electron chi connectivity index (χ1n) is 4.87. The molecule has 0 aromatic carbocycles. The number of hydrogen-bond acceptors (Lipinski definition) is 5. The van der Waals surface area contributed by atoms with Gasteiger partial charge in [-0.2, -0.15) is 0 Å². The molecule has 0 aromatic heterocycles. The fourth-order valence-corrected chi connectivity index (χ4v) is 0.881. The van der Waals surface area contributed by atoms with Crippen molar-refractivity contribution in [2.45, 2.75) is 26.7 Å². The summed E-state index contributed by atoms with van der Waals surface area (Å²) in [6, 6.07) is 0. The van der Waals surface area contributed by atoms with Crippen molar-refractivity contribution >= 4 is 17.5 Å². The highest BCUT2D eigenvalue weighted by Gasteiger charge is 2.05. The molecule has 0 aromatic rings. The van der Waals surface area contributed by atoms with Crippen LogP contribution in [0.5, 0.6) is 0 Å². The van der Waals surface area contributed by atoms with Crippen LogP contribution in [0, 0.1) is 0 Å². The van der Waals surface area contributed by atoms with Gasteiger partial charge in [0.05, 0.1) is 0 Å². The molecule has 0 amide bonds. The molecule has 15 heavy (non-hydrogen) atoms. The normalized spacial score (nSPS) is 9.73. The SMILES string of the molecule is CC(=O)CCNCCOC(=O)CC(C)=O. The average molecular weight is 215 g/mol. The molecule has 1 N–H and O–H groups in total. The molecule has 86 valence electrons. The molecule has 5 nitrogen and oxygen atoms in total. The summed E-state index contributed by atoms with van der Waals surface area (Å²) in [5.74, 6) is -0.587. The molecule has 0 heterocycles. The largest absolute Gasteiger partial charge is 0.464 e. The molecular weight excluding hydrogens is 198 g/mol. The molecule has 0 unspecified atom stereocenters. The van der Waals surface area contributed by atoms with Gasteiger partial charge in [-0.05, 0) is 13.8 Å². The van der Waals surface area contributed by atoms with Crippen molar-refractivity contribution in [1.29, 1.82) is 0 Å². The van der Waals surface area contributed by atoms with E-state index >= 15 is 0 Å². The highest BCUT2D eigenvalue weighted by Crippen LogP contribution is 1.87. The van der Waals surface area contributed by atoms with E-state index in [1.165, 1.54) is 13.8 Å². The Morgan fingerprint density at radius 2 is 1.73 bits per heavy atom. The van der Waals surface area contributed by atoms with E-state index in [2.05, 4.69) is 5.32 Å². The van der Waals surface area contributed by atoms with E-state index in [1.54, 1.807) is 0 Å². The van der Waals surface area contributed by atoms with Crippen LogP contribution in [-0.4, -0.2) is 37.2 Å². The van der Waals surface area contributed by atoms with Crippen LogP contribution in [0.2, 0.25) is 0 Å². The minimum atomic E-state index is -0.504. The van der Waals surface area contributed by atoms with E-state index in [-0.39, 0.29) is 24.6 Å². The molecule has 0 aliphatic heterocycles. The van der Waals surface area contributed by atoms with E-state index in [0.29, 0.717) is 19.5 Å². The Labute approximate surface area is 89.2 Å². The van der Waals surface area contributed by atoms with Gasteiger partial charge in [-0.25, -0.2) is 0 Å². The fourth-order valence-electron chi connectivity index (χ4n) is 0.881. The van der Waals surface area contributed by atoms with Crippen molar-refractivity contribution < 1.29 is 19.1 Å². The maximum absolute atomic E-state index is 10.9. The summed E-state index contributed by atoms with van der Waals surface area (Å²) >= 11 is 0. The van der Waals surface area contributed by atoms with Crippen LogP contribution in [0.15, 0.2) is 0 Å². The fraction of sp³-hybridized carbons (Fsp3) is 0.700. The van der Waals surface area contributed by atoms with Gasteiger partial charge < -0.3 is 10.1 Å². The standard InChI is InChI=1S/C10H17NO4/c1-8(12)3-4-11-5-6-15-10(14)7-9(2)13/h11H,3-7H2,1-2H3. The number of hydrogen-bond donors (Lipinski definition) is 1. The molecule has 0 atom stereocenters. The van der Waals surface area contributed by atoms with Gasteiger partial charge in [0.1, 0.15) is 24.6 Å². The predicted octanol–water partition coefficient (Wildman–Crippen LogP) is 0.0774. The van der Waals surface area contributed by atoms with Crippen LogP contribution in [-0.2, 0) is 19.1 Å². The van der Waals surface area contributed by atoms with Gasteiger partial charge in [0.25, 0.3) is 0 Å². The molecule has 0 aliphatic carbocycles. The molecule has 0 bridgehead atoms. The molecule has 0 saturated carbocycles. The number of rotatable bonds is 8. The van der Waals surface area contributed by atoms with E-state index < -0.39 is 5.97 Å². The Morgan fingerprint density at radius 1 is 1.07 bits per heavy atom. The number of ketones is 2. The number of esters is 1. The minimum Gasteiger partial charge on any atom is -0.464 e. The quantitative estimate of drug-likeness (QED) is 0.352. The number of ether oxygens (including phenoxy) is 1. The van der Waals surface area contributed by atoms with Crippen molar-refractivity contribution in [2.75, 3.05) is 19.7 Å². The lowest BCUT2D eigenvalue weighted by Gasteiger charge is -2.04. The monoisotopic (exact) mass is 215 g/mol. The second-order valence-corrected chi connectivity index (χ2v) is 3.30. The lowest BCUT2D eigenvalue weighted by Crippen LogP contribution is -2.23. The van der Waals surface area contributed by atoms with Gasteiger partial charge in [0, 0.05) is 19.5 Å². The van der Waals surface area contributed by atoms with Gasteiger partial charge in [-0.1, -0.05) is 0 Å². The van der Waals surface area contributed by atoms with Crippen LogP contribution in [0.4, 0.5) is 0 Å². The molecule has 0 rings (SSSR count). The first-order chi connectivity index (χ1) is 7.02. The molecule has 0 fully saturated rings. The second-order valence-electron chi connectivity index (χ2n) is 3.30. The highest BCUT2D eigenvalue weighted by atomic mass is 16.5. The van der Waals surface area contributed by atoms with Crippen LogP contribution >= 0.6 is 0 Å². The summed E-state index contributed by atoms with van der Waals surface area (Å²) in [6.07, 6.45) is 0.300. The first kappa shape index (κ1) is 13.8. The molecular formula is C10H17NO4. The first-order valence-corrected chi connectivity index (χ1v) is 4.87. The van der Waals surface area contributed by atoms with Gasteiger partial charge >= 0.3 is 5.97 Å². The third-order valence-electron chi connectivity index (χ3n) is 1.59. The number of carbonyl (C=O) groups is 3.